The van der Waals surface area contributed by atoms with Crippen molar-refractivity contribution < 1.29 is 19.4 Å². The highest BCUT2D eigenvalue weighted by molar-refractivity contribution is 5.94. The molecule has 0 aromatic carbocycles. The van der Waals surface area contributed by atoms with Crippen LogP contribution in [0.1, 0.15) is 90.4 Å². The Morgan fingerprint density at radius 3 is 2.61 bits per heavy atom. The van der Waals surface area contributed by atoms with Crippen LogP contribution in [0.4, 0.5) is 0 Å². The monoisotopic (exact) mass is 392 g/mol. The molecule has 4 heteroatoms. The SMILES string of the molecule is CCCCOC(=O)CCCCCC[C@H]1C(=O)C=C[C@@H]1/C=C/CCCCCCO. The lowest BCUT2D eigenvalue weighted by atomic mass is 9.88. The summed E-state index contributed by atoms with van der Waals surface area (Å²) < 4.78 is 5.16. The number of hydrogen-bond acceptors (Lipinski definition) is 4. The van der Waals surface area contributed by atoms with Crippen molar-refractivity contribution >= 4 is 11.8 Å². The minimum Gasteiger partial charge on any atom is -0.466 e. The third-order valence-corrected chi connectivity index (χ3v) is 5.36. The van der Waals surface area contributed by atoms with Crippen LogP contribution in [0.15, 0.2) is 24.3 Å². The first-order valence-corrected chi connectivity index (χ1v) is 11.3. The fourth-order valence-corrected chi connectivity index (χ4v) is 3.56. The van der Waals surface area contributed by atoms with E-state index in [1.807, 2.05) is 6.08 Å². The molecule has 0 amide bonds. The number of aliphatic hydroxyl groups excluding tert-OH is 1. The van der Waals surface area contributed by atoms with E-state index in [1.54, 1.807) is 6.08 Å². The van der Waals surface area contributed by atoms with Crippen molar-refractivity contribution in [2.24, 2.45) is 11.8 Å². The summed E-state index contributed by atoms with van der Waals surface area (Å²) in [7, 11) is 0. The lowest BCUT2D eigenvalue weighted by Crippen LogP contribution is -2.14. The van der Waals surface area contributed by atoms with Gasteiger partial charge in [-0.2, -0.15) is 0 Å². The van der Waals surface area contributed by atoms with Crippen LogP contribution >= 0.6 is 0 Å². The van der Waals surface area contributed by atoms with Gasteiger partial charge in [-0.3, -0.25) is 9.59 Å². The Morgan fingerprint density at radius 1 is 1.07 bits per heavy atom. The minimum absolute atomic E-state index is 0.0785. The molecule has 0 bridgehead atoms. The Kier molecular flexibility index (Phi) is 14.5. The smallest absolute Gasteiger partial charge is 0.305 e. The van der Waals surface area contributed by atoms with Gasteiger partial charge in [0.2, 0.25) is 0 Å². The molecule has 160 valence electrons. The predicted molar refractivity (Wildman–Crippen MR) is 114 cm³/mol. The standard InChI is InChI=1S/C24H40O4/c1-2-3-20-28-24(27)16-12-8-7-11-15-22-21(17-18-23(22)26)14-10-6-4-5-9-13-19-25/h10,14,17-18,21-22,25H,2-9,11-13,15-16,19-20H2,1H3/b14-10+/t21-,22+/m0/s1. The molecular weight excluding hydrogens is 352 g/mol. The van der Waals surface area contributed by atoms with Gasteiger partial charge in [0.25, 0.3) is 0 Å². The molecule has 28 heavy (non-hydrogen) atoms. The van der Waals surface area contributed by atoms with Crippen LogP contribution in [0.25, 0.3) is 0 Å². The zero-order valence-electron chi connectivity index (χ0n) is 17.7. The van der Waals surface area contributed by atoms with Crippen LogP contribution in [0.3, 0.4) is 0 Å². The summed E-state index contributed by atoms with van der Waals surface area (Å²) in [5.74, 6) is 0.533. The molecule has 1 N–H and O–H groups in total. The van der Waals surface area contributed by atoms with Crippen molar-refractivity contribution in [1.29, 1.82) is 0 Å². The van der Waals surface area contributed by atoms with Gasteiger partial charge in [-0.25, -0.2) is 0 Å². The fraction of sp³-hybridized carbons (Fsp3) is 0.750. The summed E-state index contributed by atoms with van der Waals surface area (Å²) in [5, 5.41) is 8.78. The lowest BCUT2D eigenvalue weighted by molar-refractivity contribution is -0.143. The topological polar surface area (TPSA) is 63.6 Å². The Labute approximate surface area is 171 Å². The third-order valence-electron chi connectivity index (χ3n) is 5.36. The summed E-state index contributed by atoms with van der Waals surface area (Å²) in [6.45, 7) is 2.92. The van der Waals surface area contributed by atoms with Crippen molar-refractivity contribution in [3.05, 3.63) is 24.3 Å². The van der Waals surface area contributed by atoms with E-state index >= 15 is 0 Å². The first kappa shape index (κ1) is 24.6. The average Bonchev–Trinajstić information content (AvgIpc) is 3.03. The Balaban J connectivity index is 2.11. The second-order valence-corrected chi connectivity index (χ2v) is 7.83. The maximum absolute atomic E-state index is 12.1. The van der Waals surface area contributed by atoms with Crippen LogP contribution in [-0.2, 0) is 14.3 Å². The number of unbranched alkanes of at least 4 members (excludes halogenated alkanes) is 8. The van der Waals surface area contributed by atoms with E-state index < -0.39 is 0 Å². The normalized spacial score (nSPS) is 19.0. The van der Waals surface area contributed by atoms with Crippen LogP contribution in [-0.4, -0.2) is 30.1 Å². The minimum atomic E-state index is -0.0785. The molecule has 1 aliphatic carbocycles. The number of ketones is 1. The van der Waals surface area contributed by atoms with Crippen molar-refractivity contribution in [3.8, 4) is 0 Å². The molecular formula is C24H40O4. The number of aliphatic hydroxyl groups is 1. The lowest BCUT2D eigenvalue weighted by Gasteiger charge is -2.14. The van der Waals surface area contributed by atoms with Gasteiger partial charge in [-0.1, -0.05) is 63.7 Å². The Bertz CT molecular complexity index is 481. The van der Waals surface area contributed by atoms with Crippen molar-refractivity contribution in [1.82, 2.24) is 0 Å². The number of carbonyl (C=O) groups excluding carboxylic acids is 2. The molecule has 0 aromatic heterocycles. The number of ether oxygens (including phenoxy) is 1. The summed E-state index contributed by atoms with van der Waals surface area (Å²) in [4.78, 5) is 23.7. The van der Waals surface area contributed by atoms with Gasteiger partial charge in [0.1, 0.15) is 0 Å². The van der Waals surface area contributed by atoms with E-state index in [0.29, 0.717) is 13.0 Å². The number of hydrogen-bond donors (Lipinski definition) is 1. The van der Waals surface area contributed by atoms with Crippen molar-refractivity contribution in [2.75, 3.05) is 13.2 Å². The fourth-order valence-electron chi connectivity index (χ4n) is 3.56. The number of esters is 1. The van der Waals surface area contributed by atoms with E-state index in [-0.39, 0.29) is 30.2 Å². The summed E-state index contributed by atoms with van der Waals surface area (Å²) in [6, 6.07) is 0. The highest BCUT2D eigenvalue weighted by Gasteiger charge is 2.27. The van der Waals surface area contributed by atoms with Crippen LogP contribution in [0.2, 0.25) is 0 Å². The first-order chi connectivity index (χ1) is 13.7. The molecule has 0 fully saturated rings. The van der Waals surface area contributed by atoms with Gasteiger partial charge in [-0.15, -0.1) is 0 Å². The molecule has 0 aromatic rings. The maximum Gasteiger partial charge on any atom is 0.305 e. The molecule has 1 rings (SSSR count). The molecule has 4 nitrogen and oxygen atoms in total. The third kappa shape index (κ3) is 11.4. The second kappa shape index (κ2) is 16.5. The summed E-state index contributed by atoms with van der Waals surface area (Å²) in [6.07, 6.45) is 20.9. The molecule has 0 heterocycles. The zero-order valence-corrected chi connectivity index (χ0v) is 17.7. The predicted octanol–water partition coefficient (Wildman–Crippen LogP) is 5.54. The number of rotatable bonds is 17. The Hall–Kier alpha value is -1.42. The maximum atomic E-state index is 12.1. The van der Waals surface area contributed by atoms with E-state index in [4.69, 9.17) is 9.84 Å². The van der Waals surface area contributed by atoms with Crippen LogP contribution < -0.4 is 0 Å². The van der Waals surface area contributed by atoms with Crippen molar-refractivity contribution in [2.45, 2.75) is 90.4 Å². The van der Waals surface area contributed by atoms with Gasteiger partial charge in [0, 0.05) is 24.9 Å². The molecule has 0 saturated carbocycles. The highest BCUT2D eigenvalue weighted by atomic mass is 16.5. The molecule has 0 aliphatic heterocycles. The quantitative estimate of drug-likeness (QED) is 0.200. The molecule has 0 radical (unpaired) electrons. The average molecular weight is 393 g/mol. The molecule has 2 atom stereocenters. The zero-order chi connectivity index (χ0) is 20.5. The summed E-state index contributed by atoms with van der Waals surface area (Å²) >= 11 is 0. The summed E-state index contributed by atoms with van der Waals surface area (Å²) in [5.41, 5.74) is 0. The van der Waals surface area contributed by atoms with Gasteiger partial charge in [-0.05, 0) is 44.6 Å². The van der Waals surface area contributed by atoms with E-state index in [0.717, 1.165) is 77.0 Å². The van der Waals surface area contributed by atoms with E-state index in [9.17, 15) is 9.59 Å². The van der Waals surface area contributed by atoms with Crippen LogP contribution in [0, 0.1) is 11.8 Å². The Morgan fingerprint density at radius 2 is 1.82 bits per heavy atom. The molecule has 0 unspecified atom stereocenters. The van der Waals surface area contributed by atoms with E-state index in [2.05, 4.69) is 19.1 Å². The van der Waals surface area contributed by atoms with Crippen LogP contribution in [0.5, 0.6) is 0 Å². The van der Waals surface area contributed by atoms with E-state index in [1.165, 1.54) is 0 Å². The largest absolute Gasteiger partial charge is 0.466 e. The van der Waals surface area contributed by atoms with Gasteiger partial charge in [0.15, 0.2) is 5.78 Å². The molecule has 0 spiro atoms. The number of allylic oxidation sites excluding steroid dienone is 4. The van der Waals surface area contributed by atoms with Gasteiger partial charge >= 0.3 is 5.97 Å². The molecule has 0 saturated heterocycles. The first-order valence-electron chi connectivity index (χ1n) is 11.3. The second-order valence-electron chi connectivity index (χ2n) is 7.83. The van der Waals surface area contributed by atoms with Gasteiger partial charge < -0.3 is 9.84 Å². The van der Waals surface area contributed by atoms with Crippen molar-refractivity contribution in [3.63, 3.8) is 0 Å². The van der Waals surface area contributed by atoms with Gasteiger partial charge in [0.05, 0.1) is 6.61 Å². The highest BCUT2D eigenvalue weighted by Crippen LogP contribution is 2.29. The number of carbonyl (C=O) groups is 2. The molecule has 1 aliphatic rings.